The molecular formula is C17H9BrClNO4S. The zero-order valence-corrected chi connectivity index (χ0v) is 15.6. The van der Waals surface area contributed by atoms with Crippen molar-refractivity contribution in [2.24, 2.45) is 0 Å². The predicted molar refractivity (Wildman–Crippen MR) is 99.7 cm³/mol. The fourth-order valence-corrected chi connectivity index (χ4v) is 3.33. The van der Waals surface area contributed by atoms with Crippen molar-refractivity contribution in [3.8, 4) is 5.75 Å². The van der Waals surface area contributed by atoms with Crippen LogP contribution in [0.3, 0.4) is 0 Å². The molecule has 1 N–H and O–H groups in total. The monoisotopic (exact) mass is 437 g/mol. The van der Waals surface area contributed by atoms with Gasteiger partial charge in [-0.3, -0.25) is 14.9 Å². The van der Waals surface area contributed by atoms with Crippen molar-refractivity contribution >= 4 is 62.5 Å². The Morgan fingerprint density at radius 3 is 2.64 bits per heavy atom. The van der Waals surface area contributed by atoms with E-state index in [9.17, 15) is 14.4 Å². The van der Waals surface area contributed by atoms with Crippen molar-refractivity contribution < 1.29 is 19.1 Å². The van der Waals surface area contributed by atoms with Crippen molar-refractivity contribution in [2.75, 3.05) is 0 Å². The fourth-order valence-electron chi connectivity index (χ4n) is 2.07. The second-order valence-corrected chi connectivity index (χ2v) is 7.24. The van der Waals surface area contributed by atoms with Crippen LogP contribution in [0.2, 0.25) is 5.02 Å². The Labute approximate surface area is 160 Å². The summed E-state index contributed by atoms with van der Waals surface area (Å²) in [6.45, 7) is 0. The van der Waals surface area contributed by atoms with Crippen LogP contribution >= 0.6 is 39.3 Å². The average molecular weight is 439 g/mol. The van der Waals surface area contributed by atoms with Crippen LogP contribution in [0.25, 0.3) is 6.08 Å². The predicted octanol–water partition coefficient (Wildman–Crippen LogP) is 4.65. The molecule has 0 atom stereocenters. The number of hydrogen-bond acceptors (Lipinski definition) is 5. The van der Waals surface area contributed by atoms with Gasteiger partial charge in [-0.1, -0.05) is 39.7 Å². The van der Waals surface area contributed by atoms with Gasteiger partial charge in [0.15, 0.2) is 0 Å². The molecule has 2 amide bonds. The molecule has 0 unspecified atom stereocenters. The number of halogens is 2. The summed E-state index contributed by atoms with van der Waals surface area (Å²) in [5.74, 6) is -0.862. The van der Waals surface area contributed by atoms with Gasteiger partial charge in [-0.25, -0.2) is 4.79 Å². The molecule has 5 nitrogen and oxygen atoms in total. The van der Waals surface area contributed by atoms with E-state index in [0.29, 0.717) is 5.56 Å². The van der Waals surface area contributed by atoms with Crippen LogP contribution in [0, 0.1) is 0 Å². The third kappa shape index (κ3) is 4.12. The Morgan fingerprint density at radius 2 is 1.96 bits per heavy atom. The first-order valence-corrected chi connectivity index (χ1v) is 8.94. The Morgan fingerprint density at radius 1 is 1.20 bits per heavy atom. The molecule has 3 rings (SSSR count). The molecule has 0 spiro atoms. The first-order valence-electron chi connectivity index (χ1n) is 6.95. The number of thioether (sulfide) groups is 1. The molecule has 2 aromatic rings. The minimum atomic E-state index is -0.618. The molecule has 25 heavy (non-hydrogen) atoms. The first-order chi connectivity index (χ1) is 11.9. The van der Waals surface area contributed by atoms with Gasteiger partial charge in [-0.05, 0) is 48.2 Å². The molecule has 1 heterocycles. The maximum atomic E-state index is 12.3. The van der Waals surface area contributed by atoms with Crippen molar-refractivity contribution in [3.63, 3.8) is 0 Å². The van der Waals surface area contributed by atoms with Crippen LogP contribution in [0.4, 0.5) is 4.79 Å². The zero-order chi connectivity index (χ0) is 18.0. The van der Waals surface area contributed by atoms with Crippen LogP contribution in [-0.4, -0.2) is 17.1 Å². The lowest BCUT2D eigenvalue weighted by molar-refractivity contribution is -0.115. The van der Waals surface area contributed by atoms with E-state index in [-0.39, 0.29) is 21.2 Å². The number of carbonyl (C=O) groups is 3. The minimum Gasteiger partial charge on any atom is -0.422 e. The molecule has 0 radical (unpaired) electrons. The molecule has 0 bridgehead atoms. The molecule has 8 heteroatoms. The summed E-state index contributed by atoms with van der Waals surface area (Å²) in [5, 5.41) is 2.01. The second-order valence-electron chi connectivity index (χ2n) is 4.90. The van der Waals surface area contributed by atoms with E-state index in [1.807, 2.05) is 0 Å². The van der Waals surface area contributed by atoms with Gasteiger partial charge in [0.1, 0.15) is 5.75 Å². The van der Waals surface area contributed by atoms with E-state index in [2.05, 4.69) is 21.2 Å². The van der Waals surface area contributed by atoms with E-state index < -0.39 is 17.1 Å². The Kier molecular flexibility index (Phi) is 5.27. The van der Waals surface area contributed by atoms with Crippen LogP contribution in [0.15, 0.2) is 51.8 Å². The van der Waals surface area contributed by atoms with Crippen molar-refractivity contribution in [1.82, 2.24) is 5.32 Å². The minimum absolute atomic E-state index is 0.221. The molecule has 2 aromatic carbocycles. The van der Waals surface area contributed by atoms with Crippen molar-refractivity contribution in [2.45, 2.75) is 0 Å². The molecule has 0 saturated carbocycles. The van der Waals surface area contributed by atoms with E-state index in [1.165, 1.54) is 6.08 Å². The van der Waals surface area contributed by atoms with Crippen LogP contribution in [0.5, 0.6) is 5.75 Å². The van der Waals surface area contributed by atoms with Crippen molar-refractivity contribution in [3.05, 3.63) is 68.0 Å². The first kappa shape index (κ1) is 17.7. The molecule has 0 aliphatic carbocycles. The highest BCUT2D eigenvalue weighted by atomic mass is 79.9. The number of ether oxygens (including phenoxy) is 1. The highest BCUT2D eigenvalue weighted by molar-refractivity contribution is 9.10. The lowest BCUT2D eigenvalue weighted by Gasteiger charge is -2.09. The van der Waals surface area contributed by atoms with Gasteiger partial charge in [0, 0.05) is 10.0 Å². The average Bonchev–Trinajstić information content (AvgIpc) is 2.88. The molecule has 1 aliphatic heterocycles. The van der Waals surface area contributed by atoms with Gasteiger partial charge in [-0.2, -0.15) is 0 Å². The number of carbonyl (C=O) groups excluding carboxylic acids is 3. The molecule has 1 saturated heterocycles. The van der Waals surface area contributed by atoms with Crippen molar-refractivity contribution in [1.29, 1.82) is 0 Å². The van der Waals surface area contributed by atoms with Gasteiger partial charge in [0.2, 0.25) is 0 Å². The van der Waals surface area contributed by atoms with E-state index >= 15 is 0 Å². The molecule has 1 fully saturated rings. The number of imide groups is 1. The SMILES string of the molecule is O=C1NC(=O)/C(=C/c2cc(Br)ccc2OC(=O)c2ccccc2Cl)S1. The largest absolute Gasteiger partial charge is 0.422 e. The number of hydrogen-bond donors (Lipinski definition) is 1. The Hall–Kier alpha value is -2.09. The number of rotatable bonds is 3. The molecule has 126 valence electrons. The Bertz CT molecular complexity index is 929. The maximum Gasteiger partial charge on any atom is 0.345 e. The van der Waals surface area contributed by atoms with E-state index in [1.54, 1.807) is 42.5 Å². The summed E-state index contributed by atoms with van der Waals surface area (Å²) in [7, 11) is 0. The molecule has 0 aromatic heterocycles. The van der Waals surface area contributed by atoms with Gasteiger partial charge in [-0.15, -0.1) is 0 Å². The summed E-state index contributed by atoms with van der Waals surface area (Å²) in [6, 6.07) is 11.5. The lowest BCUT2D eigenvalue weighted by Crippen LogP contribution is -2.17. The second kappa shape index (κ2) is 7.43. The zero-order valence-electron chi connectivity index (χ0n) is 12.4. The highest BCUT2D eigenvalue weighted by Gasteiger charge is 2.25. The van der Waals surface area contributed by atoms with E-state index in [0.717, 1.165) is 16.2 Å². The van der Waals surface area contributed by atoms with Crippen LogP contribution < -0.4 is 10.1 Å². The smallest absolute Gasteiger partial charge is 0.345 e. The standard InChI is InChI=1S/C17H9BrClNO4S/c18-10-5-6-13(24-16(22)11-3-1-2-4-12(11)19)9(7-10)8-14-15(21)20-17(23)25-14/h1-8H,(H,20,21,23)/b14-8-. The number of amides is 2. The van der Waals surface area contributed by atoms with Crippen LogP contribution in [-0.2, 0) is 4.79 Å². The molecular weight excluding hydrogens is 430 g/mol. The third-order valence-corrected chi connectivity index (χ3v) is 4.83. The van der Waals surface area contributed by atoms with Gasteiger partial charge < -0.3 is 4.74 Å². The number of esters is 1. The molecule has 1 aliphatic rings. The highest BCUT2D eigenvalue weighted by Crippen LogP contribution is 2.31. The summed E-state index contributed by atoms with van der Waals surface area (Å²) in [4.78, 5) is 35.6. The number of nitrogens with one attached hydrogen (secondary N) is 1. The summed E-state index contributed by atoms with van der Waals surface area (Å²) < 4.78 is 6.15. The number of benzene rings is 2. The summed E-state index contributed by atoms with van der Waals surface area (Å²) >= 11 is 10.1. The quantitative estimate of drug-likeness (QED) is 0.429. The third-order valence-electron chi connectivity index (χ3n) is 3.20. The normalized spacial score (nSPS) is 15.4. The van der Waals surface area contributed by atoms with Gasteiger partial charge in [0.25, 0.3) is 11.1 Å². The van der Waals surface area contributed by atoms with E-state index in [4.69, 9.17) is 16.3 Å². The fraction of sp³-hybridized carbons (Fsp3) is 0. The maximum absolute atomic E-state index is 12.3. The van der Waals surface area contributed by atoms with Crippen LogP contribution in [0.1, 0.15) is 15.9 Å². The lowest BCUT2D eigenvalue weighted by atomic mass is 10.1. The Balaban J connectivity index is 1.94. The van der Waals surface area contributed by atoms with Gasteiger partial charge in [0.05, 0.1) is 15.5 Å². The summed E-state index contributed by atoms with van der Waals surface area (Å²) in [6.07, 6.45) is 1.49. The topological polar surface area (TPSA) is 72.5 Å². The van der Waals surface area contributed by atoms with Gasteiger partial charge >= 0.3 is 5.97 Å². The summed E-state index contributed by atoms with van der Waals surface area (Å²) in [5.41, 5.74) is 0.705.